The summed E-state index contributed by atoms with van der Waals surface area (Å²) < 4.78 is 0. The van der Waals surface area contributed by atoms with Crippen LogP contribution in [0.15, 0.2) is 36.4 Å². The molecule has 0 aromatic heterocycles. The Kier molecular flexibility index (Phi) is 12.5. The molecule has 0 saturated carbocycles. The van der Waals surface area contributed by atoms with Gasteiger partial charge in [-0.1, -0.05) is 76.5 Å². The Hall–Kier alpha value is -2.30. The fourth-order valence-electron chi connectivity index (χ4n) is 3.05. The minimum atomic E-state index is -1.08. The van der Waals surface area contributed by atoms with Gasteiger partial charge >= 0.3 is 5.97 Å². The van der Waals surface area contributed by atoms with Gasteiger partial charge in [-0.2, -0.15) is 0 Å². The number of carboxylic acid groups (broad SMARTS) is 1. The maximum atomic E-state index is 12.0. The van der Waals surface area contributed by atoms with E-state index in [1.807, 2.05) is 6.08 Å². The lowest BCUT2D eigenvalue weighted by Crippen LogP contribution is -2.41. The molecule has 156 valence electrons. The number of aromatic hydroxyl groups is 1. The van der Waals surface area contributed by atoms with Crippen molar-refractivity contribution in [2.45, 2.75) is 83.6 Å². The van der Waals surface area contributed by atoms with E-state index in [0.717, 1.165) is 18.4 Å². The van der Waals surface area contributed by atoms with E-state index < -0.39 is 12.0 Å². The highest BCUT2D eigenvalue weighted by molar-refractivity contribution is 5.91. The topological polar surface area (TPSA) is 86.6 Å². The molecule has 1 aromatic carbocycles. The molecule has 0 heterocycles. The van der Waals surface area contributed by atoms with E-state index >= 15 is 0 Å². The lowest BCUT2D eigenvalue weighted by atomic mass is 10.1. The molecule has 0 spiro atoms. The van der Waals surface area contributed by atoms with Crippen LogP contribution in [0.5, 0.6) is 5.75 Å². The van der Waals surface area contributed by atoms with Gasteiger partial charge in [-0.05, 0) is 36.6 Å². The number of unbranched alkanes of at least 4 members (excludes halogenated alkanes) is 9. The quantitative estimate of drug-likeness (QED) is 0.292. The highest BCUT2D eigenvalue weighted by atomic mass is 16.4. The molecule has 1 amide bonds. The number of benzene rings is 1. The van der Waals surface area contributed by atoms with Crippen molar-refractivity contribution < 1.29 is 19.8 Å². The van der Waals surface area contributed by atoms with Crippen molar-refractivity contribution in [1.82, 2.24) is 5.32 Å². The average molecular weight is 390 g/mol. The number of carboxylic acids is 1. The first-order valence-electron chi connectivity index (χ1n) is 10.5. The van der Waals surface area contributed by atoms with Gasteiger partial charge < -0.3 is 15.5 Å². The van der Waals surface area contributed by atoms with Gasteiger partial charge in [0.1, 0.15) is 11.8 Å². The highest BCUT2D eigenvalue weighted by Crippen LogP contribution is 2.12. The zero-order valence-electron chi connectivity index (χ0n) is 17.0. The Labute approximate surface area is 168 Å². The Balaban J connectivity index is 2.20. The molecule has 0 aliphatic rings. The molecule has 1 aromatic rings. The van der Waals surface area contributed by atoms with Crippen LogP contribution in [0.1, 0.15) is 76.7 Å². The van der Waals surface area contributed by atoms with Crippen molar-refractivity contribution >= 4 is 11.9 Å². The van der Waals surface area contributed by atoms with Crippen LogP contribution in [0.3, 0.4) is 0 Å². The number of phenols is 1. The second-order valence-corrected chi connectivity index (χ2v) is 7.29. The Morgan fingerprint density at radius 1 is 0.964 bits per heavy atom. The predicted molar refractivity (Wildman–Crippen MR) is 112 cm³/mol. The molecule has 0 unspecified atom stereocenters. The molecule has 5 heteroatoms. The van der Waals surface area contributed by atoms with Crippen LogP contribution in [0.2, 0.25) is 0 Å². The van der Waals surface area contributed by atoms with Gasteiger partial charge in [0.25, 0.3) is 0 Å². The van der Waals surface area contributed by atoms with E-state index in [-0.39, 0.29) is 18.1 Å². The Morgan fingerprint density at radius 2 is 1.54 bits per heavy atom. The van der Waals surface area contributed by atoms with Crippen LogP contribution in [0, 0.1) is 0 Å². The van der Waals surface area contributed by atoms with Gasteiger partial charge in [-0.25, -0.2) is 4.79 Å². The van der Waals surface area contributed by atoms with E-state index in [1.54, 1.807) is 12.1 Å². The lowest BCUT2D eigenvalue weighted by Gasteiger charge is -2.13. The van der Waals surface area contributed by atoms with Crippen LogP contribution >= 0.6 is 0 Å². The lowest BCUT2D eigenvalue weighted by molar-refractivity contribution is -0.141. The zero-order chi connectivity index (χ0) is 20.6. The summed E-state index contributed by atoms with van der Waals surface area (Å²) in [5, 5.41) is 21.1. The Morgan fingerprint density at radius 3 is 2.11 bits per heavy atom. The number of nitrogens with one attached hydrogen (secondary N) is 1. The molecule has 28 heavy (non-hydrogen) atoms. The van der Waals surface area contributed by atoms with E-state index in [0.29, 0.717) is 0 Å². The molecule has 5 nitrogen and oxygen atoms in total. The molecule has 1 rings (SSSR count). The molecule has 1 atom stereocenters. The Bertz CT molecular complexity index is 595. The van der Waals surface area contributed by atoms with Crippen LogP contribution < -0.4 is 5.32 Å². The predicted octanol–water partition coefficient (Wildman–Crippen LogP) is 4.98. The molecule has 0 radical (unpaired) electrons. The van der Waals surface area contributed by atoms with Crippen molar-refractivity contribution in [3.05, 3.63) is 42.0 Å². The molecular formula is C23H35NO4. The summed E-state index contributed by atoms with van der Waals surface area (Å²) >= 11 is 0. The summed E-state index contributed by atoms with van der Waals surface area (Å²) in [7, 11) is 0. The number of hydrogen-bond acceptors (Lipinski definition) is 3. The van der Waals surface area contributed by atoms with Crippen molar-refractivity contribution in [3.8, 4) is 5.75 Å². The summed E-state index contributed by atoms with van der Waals surface area (Å²) in [5.41, 5.74) is 0.740. The molecule has 3 N–H and O–H groups in total. The monoisotopic (exact) mass is 389 g/mol. The van der Waals surface area contributed by atoms with E-state index in [4.69, 9.17) is 0 Å². The third kappa shape index (κ3) is 11.4. The summed E-state index contributed by atoms with van der Waals surface area (Å²) in [5.74, 6) is -1.34. The average Bonchev–Trinajstić information content (AvgIpc) is 2.67. The summed E-state index contributed by atoms with van der Waals surface area (Å²) in [6.45, 7) is 2.23. The molecule has 0 fully saturated rings. The molecule has 0 saturated heterocycles. The number of phenolic OH excluding ortho intramolecular Hbond substituents is 1. The third-order valence-electron chi connectivity index (χ3n) is 4.73. The summed E-state index contributed by atoms with van der Waals surface area (Å²) in [6.07, 6.45) is 15.6. The third-order valence-corrected chi connectivity index (χ3v) is 4.73. The minimum absolute atomic E-state index is 0.124. The summed E-state index contributed by atoms with van der Waals surface area (Å²) in [4.78, 5) is 23.3. The first-order valence-corrected chi connectivity index (χ1v) is 10.5. The molecule has 0 aliphatic heterocycles. The molecule has 0 aliphatic carbocycles. The number of allylic oxidation sites excluding steroid dienone is 1. The first kappa shape index (κ1) is 23.7. The maximum Gasteiger partial charge on any atom is 0.326 e. The molecular weight excluding hydrogens is 354 g/mol. The maximum absolute atomic E-state index is 12.0. The van der Waals surface area contributed by atoms with E-state index in [9.17, 15) is 19.8 Å². The van der Waals surface area contributed by atoms with Crippen molar-refractivity contribution in [1.29, 1.82) is 0 Å². The normalized spacial score (nSPS) is 12.2. The number of carbonyl (C=O) groups is 2. The number of hydrogen-bond donors (Lipinski definition) is 3. The SMILES string of the molecule is CCCCCCCCCCCC=CC(=O)N[C@@H](Cc1ccc(O)cc1)C(=O)O. The second kappa shape index (κ2) is 14.7. The van der Waals surface area contributed by atoms with Crippen LogP contribution in [0.25, 0.3) is 0 Å². The number of rotatable bonds is 15. The molecule has 0 bridgehead atoms. The fourth-order valence-corrected chi connectivity index (χ4v) is 3.05. The summed E-state index contributed by atoms with van der Waals surface area (Å²) in [6, 6.07) is 5.31. The number of aliphatic carboxylic acids is 1. The standard InChI is InChI=1S/C23H35NO4/c1-2-3-4-5-6-7-8-9-10-11-12-13-22(26)24-21(23(27)28)18-19-14-16-20(25)17-15-19/h12-17,21,25H,2-11,18H2,1H3,(H,24,26)(H,27,28)/t21-/m0/s1. The van der Waals surface area contributed by atoms with E-state index in [2.05, 4.69) is 12.2 Å². The fraction of sp³-hybridized carbons (Fsp3) is 0.565. The van der Waals surface area contributed by atoms with Crippen LogP contribution in [-0.2, 0) is 16.0 Å². The van der Waals surface area contributed by atoms with Gasteiger partial charge in [0, 0.05) is 6.42 Å². The van der Waals surface area contributed by atoms with Crippen molar-refractivity contribution in [2.24, 2.45) is 0 Å². The minimum Gasteiger partial charge on any atom is -0.508 e. The van der Waals surface area contributed by atoms with Gasteiger partial charge in [-0.15, -0.1) is 0 Å². The van der Waals surface area contributed by atoms with Gasteiger partial charge in [0.15, 0.2) is 0 Å². The van der Waals surface area contributed by atoms with Crippen LogP contribution in [-0.4, -0.2) is 28.1 Å². The van der Waals surface area contributed by atoms with Crippen molar-refractivity contribution in [2.75, 3.05) is 0 Å². The first-order chi connectivity index (χ1) is 13.5. The van der Waals surface area contributed by atoms with E-state index in [1.165, 1.54) is 69.6 Å². The number of amides is 1. The number of carbonyl (C=O) groups excluding carboxylic acids is 1. The van der Waals surface area contributed by atoms with Gasteiger partial charge in [-0.3, -0.25) is 4.79 Å². The van der Waals surface area contributed by atoms with Gasteiger partial charge in [0.2, 0.25) is 5.91 Å². The van der Waals surface area contributed by atoms with Crippen LogP contribution in [0.4, 0.5) is 0 Å². The zero-order valence-corrected chi connectivity index (χ0v) is 17.0. The smallest absolute Gasteiger partial charge is 0.326 e. The largest absolute Gasteiger partial charge is 0.508 e. The second-order valence-electron chi connectivity index (χ2n) is 7.29. The van der Waals surface area contributed by atoms with Gasteiger partial charge in [0.05, 0.1) is 0 Å². The highest BCUT2D eigenvalue weighted by Gasteiger charge is 2.19. The van der Waals surface area contributed by atoms with Crippen molar-refractivity contribution in [3.63, 3.8) is 0 Å².